The van der Waals surface area contributed by atoms with Gasteiger partial charge in [-0.1, -0.05) is 25.5 Å². The minimum atomic E-state index is -1.05. The molecule has 0 aromatic carbocycles. The van der Waals surface area contributed by atoms with Gasteiger partial charge in [0, 0.05) is 6.61 Å². The average molecular weight is 288 g/mol. The second-order valence-corrected chi connectivity index (χ2v) is 5.20. The second-order valence-electron chi connectivity index (χ2n) is 5.20. The lowest BCUT2D eigenvalue weighted by Gasteiger charge is -2.20. The van der Waals surface area contributed by atoms with Crippen LogP contribution < -0.4 is 0 Å². The van der Waals surface area contributed by atoms with Crippen LogP contribution >= 0.6 is 0 Å². The molecule has 0 amide bonds. The molecule has 1 fully saturated rings. The van der Waals surface area contributed by atoms with Crippen molar-refractivity contribution >= 4 is 0 Å². The second kappa shape index (κ2) is 10.3. The zero-order chi connectivity index (χ0) is 14.8. The Balaban J connectivity index is 2.08. The molecule has 0 aliphatic carbocycles. The summed E-state index contributed by atoms with van der Waals surface area (Å²) in [5, 5.41) is 28.2. The maximum atomic E-state index is 9.92. The summed E-state index contributed by atoms with van der Waals surface area (Å²) in [6, 6.07) is 0. The molecular formula is C15H28O5. The predicted octanol–water partition coefficient (Wildman–Crippen LogP) is 1.01. The van der Waals surface area contributed by atoms with E-state index in [2.05, 4.69) is 19.1 Å². The summed E-state index contributed by atoms with van der Waals surface area (Å²) in [5.41, 5.74) is 0. The topological polar surface area (TPSA) is 79.2 Å². The van der Waals surface area contributed by atoms with Crippen LogP contribution in [0.1, 0.15) is 39.0 Å². The maximum absolute atomic E-state index is 9.92. The maximum Gasteiger partial charge on any atom is 0.114 e. The largest absolute Gasteiger partial charge is 0.394 e. The minimum absolute atomic E-state index is 0.263. The molecule has 20 heavy (non-hydrogen) atoms. The molecule has 5 heteroatoms. The normalized spacial score (nSPS) is 28.3. The lowest BCUT2D eigenvalue weighted by molar-refractivity contribution is -0.0730. The molecule has 3 N–H and O–H groups in total. The third kappa shape index (κ3) is 5.89. The fourth-order valence-electron chi connectivity index (χ4n) is 2.21. The third-order valence-corrected chi connectivity index (χ3v) is 3.46. The van der Waals surface area contributed by atoms with Crippen LogP contribution in [0.2, 0.25) is 0 Å². The van der Waals surface area contributed by atoms with Gasteiger partial charge < -0.3 is 24.8 Å². The van der Waals surface area contributed by atoms with Crippen molar-refractivity contribution < 1.29 is 24.8 Å². The van der Waals surface area contributed by atoms with Gasteiger partial charge in [0.1, 0.15) is 24.4 Å². The van der Waals surface area contributed by atoms with Crippen LogP contribution in [0, 0.1) is 0 Å². The van der Waals surface area contributed by atoms with Crippen LogP contribution in [0.3, 0.4) is 0 Å². The van der Waals surface area contributed by atoms with Gasteiger partial charge in [0.05, 0.1) is 13.2 Å². The highest BCUT2D eigenvalue weighted by Gasteiger charge is 2.40. The molecule has 118 valence electrons. The number of rotatable bonds is 10. The van der Waals surface area contributed by atoms with Crippen LogP contribution in [0.25, 0.3) is 0 Å². The van der Waals surface area contributed by atoms with E-state index in [4.69, 9.17) is 14.6 Å². The van der Waals surface area contributed by atoms with Crippen molar-refractivity contribution in [3.63, 3.8) is 0 Å². The summed E-state index contributed by atoms with van der Waals surface area (Å²) < 4.78 is 10.8. The first-order valence-electron chi connectivity index (χ1n) is 7.55. The van der Waals surface area contributed by atoms with Crippen LogP contribution in [0.4, 0.5) is 0 Å². The van der Waals surface area contributed by atoms with Crippen LogP contribution in [0.5, 0.6) is 0 Å². The summed E-state index contributed by atoms with van der Waals surface area (Å²) in [6.45, 7) is 2.58. The van der Waals surface area contributed by atoms with E-state index in [0.717, 1.165) is 25.7 Å². The molecule has 5 nitrogen and oxygen atoms in total. The summed E-state index contributed by atoms with van der Waals surface area (Å²) >= 11 is 0. The van der Waals surface area contributed by atoms with Gasteiger partial charge in [-0.15, -0.1) is 0 Å². The Hall–Kier alpha value is -0.460. The molecule has 0 spiro atoms. The Labute approximate surface area is 121 Å². The number of hydrogen-bond acceptors (Lipinski definition) is 5. The fourth-order valence-corrected chi connectivity index (χ4v) is 2.21. The summed E-state index contributed by atoms with van der Waals surface area (Å²) in [7, 11) is 0. The molecule has 4 atom stereocenters. The lowest BCUT2D eigenvalue weighted by Crippen LogP contribution is -2.41. The molecule has 0 aromatic heterocycles. The lowest BCUT2D eigenvalue weighted by atomic mass is 10.1. The number of unbranched alkanes of at least 4 members (excludes halogenated alkanes) is 3. The Kier molecular flexibility index (Phi) is 9.05. The molecule has 0 radical (unpaired) electrons. The first kappa shape index (κ1) is 17.6. The predicted molar refractivity (Wildman–Crippen MR) is 76.5 cm³/mol. The molecule has 1 aliphatic rings. The number of hydrogen-bond donors (Lipinski definition) is 3. The first-order valence-corrected chi connectivity index (χ1v) is 7.55. The SMILES string of the molecule is CCC/C=C/CCCCO[C@@H]1CO[C@@H]([C@@H](O)CO)[C@H]1O. The monoisotopic (exact) mass is 288 g/mol. The zero-order valence-electron chi connectivity index (χ0n) is 12.3. The van der Waals surface area contributed by atoms with Gasteiger partial charge in [0.2, 0.25) is 0 Å². The molecule has 1 rings (SSSR count). The standard InChI is InChI=1S/C15H28O5/c1-2-3-4-5-6-7-8-9-19-13-11-20-15(14(13)18)12(17)10-16/h4-5,12-18H,2-3,6-11H2,1H3/b5-4+/t12-,13+,14-,15-/m0/s1. The molecule has 0 bridgehead atoms. The fraction of sp³-hybridized carbons (Fsp3) is 0.867. The smallest absolute Gasteiger partial charge is 0.114 e. The Morgan fingerprint density at radius 3 is 2.75 bits per heavy atom. The van der Waals surface area contributed by atoms with Crippen molar-refractivity contribution in [1.82, 2.24) is 0 Å². The molecule has 0 aromatic rings. The number of allylic oxidation sites excluding steroid dienone is 2. The van der Waals surface area contributed by atoms with E-state index in [-0.39, 0.29) is 6.61 Å². The molecule has 0 saturated carbocycles. The Morgan fingerprint density at radius 1 is 1.30 bits per heavy atom. The highest BCUT2D eigenvalue weighted by molar-refractivity contribution is 4.88. The van der Waals surface area contributed by atoms with Gasteiger partial charge in [0.15, 0.2) is 0 Å². The molecule has 1 aliphatic heterocycles. The van der Waals surface area contributed by atoms with E-state index in [0.29, 0.717) is 6.61 Å². The van der Waals surface area contributed by atoms with E-state index >= 15 is 0 Å². The summed E-state index contributed by atoms with van der Waals surface area (Å²) in [6.07, 6.45) is 6.69. The van der Waals surface area contributed by atoms with Crippen molar-refractivity contribution in [2.24, 2.45) is 0 Å². The van der Waals surface area contributed by atoms with Crippen LogP contribution in [0.15, 0.2) is 12.2 Å². The minimum Gasteiger partial charge on any atom is -0.394 e. The van der Waals surface area contributed by atoms with Crippen molar-refractivity contribution in [1.29, 1.82) is 0 Å². The zero-order valence-corrected chi connectivity index (χ0v) is 12.3. The van der Waals surface area contributed by atoms with Gasteiger partial charge >= 0.3 is 0 Å². The molecular weight excluding hydrogens is 260 g/mol. The van der Waals surface area contributed by atoms with Crippen molar-refractivity contribution in [2.75, 3.05) is 19.8 Å². The quantitative estimate of drug-likeness (QED) is 0.413. The van der Waals surface area contributed by atoms with E-state index < -0.39 is 31.0 Å². The van der Waals surface area contributed by atoms with Gasteiger partial charge in [-0.3, -0.25) is 0 Å². The Morgan fingerprint density at radius 2 is 2.05 bits per heavy atom. The average Bonchev–Trinajstić information content (AvgIpc) is 2.82. The Bertz CT molecular complexity index is 269. The van der Waals surface area contributed by atoms with Crippen molar-refractivity contribution in [2.45, 2.75) is 63.4 Å². The highest BCUT2D eigenvalue weighted by Crippen LogP contribution is 2.20. The van der Waals surface area contributed by atoms with Gasteiger partial charge in [-0.25, -0.2) is 0 Å². The van der Waals surface area contributed by atoms with Crippen LogP contribution in [-0.4, -0.2) is 59.6 Å². The van der Waals surface area contributed by atoms with E-state index in [1.807, 2.05) is 0 Å². The molecule has 1 heterocycles. The van der Waals surface area contributed by atoms with Crippen LogP contribution in [-0.2, 0) is 9.47 Å². The van der Waals surface area contributed by atoms with Gasteiger partial charge in [-0.05, 0) is 25.7 Å². The van der Waals surface area contributed by atoms with Gasteiger partial charge in [-0.2, -0.15) is 0 Å². The van der Waals surface area contributed by atoms with Gasteiger partial charge in [0.25, 0.3) is 0 Å². The van der Waals surface area contributed by atoms with E-state index in [1.165, 1.54) is 6.42 Å². The number of aliphatic hydroxyl groups is 3. The summed E-state index contributed by atoms with van der Waals surface area (Å²) in [5.74, 6) is 0. The van der Waals surface area contributed by atoms with E-state index in [1.54, 1.807) is 0 Å². The summed E-state index contributed by atoms with van der Waals surface area (Å²) in [4.78, 5) is 0. The van der Waals surface area contributed by atoms with E-state index in [9.17, 15) is 10.2 Å². The number of ether oxygens (including phenoxy) is 2. The molecule has 1 saturated heterocycles. The highest BCUT2D eigenvalue weighted by atomic mass is 16.6. The number of aliphatic hydroxyl groups excluding tert-OH is 3. The first-order chi connectivity index (χ1) is 9.70. The third-order valence-electron chi connectivity index (χ3n) is 3.46. The van der Waals surface area contributed by atoms with Crippen molar-refractivity contribution in [3.8, 4) is 0 Å². The van der Waals surface area contributed by atoms with Crippen molar-refractivity contribution in [3.05, 3.63) is 12.2 Å². The molecule has 0 unspecified atom stereocenters.